The van der Waals surface area contributed by atoms with Gasteiger partial charge < -0.3 is 0 Å². The first-order valence-electron chi connectivity index (χ1n) is 11.6. The minimum atomic E-state index is 1.16. The monoisotopic (exact) mass is 434 g/mol. The number of aromatic nitrogens is 2. The van der Waals surface area contributed by atoms with Gasteiger partial charge in [0.2, 0.25) is 0 Å². The highest BCUT2D eigenvalue weighted by Gasteiger charge is 2.22. The summed E-state index contributed by atoms with van der Waals surface area (Å²) >= 11 is 0. The average molecular weight is 435 g/mol. The fourth-order valence-corrected chi connectivity index (χ4v) is 5.22. The highest BCUT2D eigenvalue weighted by molar-refractivity contribution is 6.10. The first kappa shape index (κ1) is 19.0. The first-order chi connectivity index (χ1) is 16.9. The Morgan fingerprint density at radius 2 is 1.00 bits per heavy atom. The summed E-state index contributed by atoms with van der Waals surface area (Å²) in [7, 11) is 0. The second-order valence-corrected chi connectivity index (χ2v) is 8.66. The van der Waals surface area contributed by atoms with Gasteiger partial charge in [0, 0.05) is 16.6 Å². The Morgan fingerprint density at radius 1 is 0.412 bits per heavy atom. The van der Waals surface area contributed by atoms with Gasteiger partial charge in [0.25, 0.3) is 0 Å². The Morgan fingerprint density at radius 3 is 1.71 bits per heavy atom. The molecule has 2 nitrogen and oxygen atoms in total. The van der Waals surface area contributed by atoms with Gasteiger partial charge in [-0.15, -0.1) is 0 Å². The van der Waals surface area contributed by atoms with Gasteiger partial charge in [0.1, 0.15) is 5.65 Å². The molecule has 0 atom stereocenters. The van der Waals surface area contributed by atoms with Gasteiger partial charge in [-0.25, -0.2) is 0 Å². The zero-order valence-electron chi connectivity index (χ0n) is 18.6. The van der Waals surface area contributed by atoms with Crippen molar-refractivity contribution in [1.82, 2.24) is 8.97 Å². The van der Waals surface area contributed by atoms with Gasteiger partial charge in [0.15, 0.2) is 0 Å². The number of para-hydroxylation sites is 3. The zero-order valence-corrected chi connectivity index (χ0v) is 18.6. The van der Waals surface area contributed by atoms with E-state index in [1.165, 1.54) is 49.8 Å². The van der Waals surface area contributed by atoms with E-state index in [9.17, 15) is 0 Å². The van der Waals surface area contributed by atoms with Crippen molar-refractivity contribution in [3.05, 3.63) is 133 Å². The Kier molecular flexibility index (Phi) is 4.18. The van der Waals surface area contributed by atoms with E-state index in [0.29, 0.717) is 0 Å². The van der Waals surface area contributed by atoms with Crippen molar-refractivity contribution < 1.29 is 0 Å². The summed E-state index contributed by atoms with van der Waals surface area (Å²) < 4.78 is 4.84. The SMILES string of the molecule is c1ccc(-c2ccc3c(-c4ccccc4)c4n(-c5ccccc5)c5ccccc5n4c3c2)cc1. The van der Waals surface area contributed by atoms with E-state index < -0.39 is 0 Å². The molecule has 0 spiro atoms. The fraction of sp³-hybridized carbons (Fsp3) is 0. The van der Waals surface area contributed by atoms with Crippen molar-refractivity contribution in [3.8, 4) is 27.9 Å². The quantitative estimate of drug-likeness (QED) is 0.264. The molecular weight excluding hydrogens is 412 g/mol. The summed E-state index contributed by atoms with van der Waals surface area (Å²) in [6.07, 6.45) is 0. The zero-order chi connectivity index (χ0) is 22.5. The molecule has 2 heteroatoms. The maximum absolute atomic E-state index is 2.44. The third kappa shape index (κ3) is 2.76. The molecule has 2 aromatic heterocycles. The number of hydrogen-bond acceptors (Lipinski definition) is 0. The molecule has 0 aliphatic heterocycles. The van der Waals surface area contributed by atoms with Crippen LogP contribution in [0.4, 0.5) is 0 Å². The van der Waals surface area contributed by atoms with Crippen molar-refractivity contribution in [2.24, 2.45) is 0 Å². The number of hydrogen-bond donors (Lipinski definition) is 0. The van der Waals surface area contributed by atoms with E-state index in [4.69, 9.17) is 0 Å². The molecular formula is C32H22N2. The van der Waals surface area contributed by atoms with Crippen LogP contribution in [0, 0.1) is 0 Å². The van der Waals surface area contributed by atoms with E-state index in [2.05, 4.69) is 142 Å². The molecule has 0 radical (unpaired) electrons. The van der Waals surface area contributed by atoms with Crippen molar-refractivity contribution in [2.45, 2.75) is 0 Å². The molecule has 0 fully saturated rings. The second kappa shape index (κ2) is 7.50. The number of fused-ring (bicyclic) bond motifs is 5. The number of nitrogens with zero attached hydrogens (tertiary/aromatic N) is 2. The second-order valence-electron chi connectivity index (χ2n) is 8.66. The molecule has 5 aromatic carbocycles. The molecule has 34 heavy (non-hydrogen) atoms. The van der Waals surface area contributed by atoms with Crippen LogP contribution >= 0.6 is 0 Å². The van der Waals surface area contributed by atoms with Gasteiger partial charge >= 0.3 is 0 Å². The van der Waals surface area contributed by atoms with Crippen LogP contribution in [0.5, 0.6) is 0 Å². The van der Waals surface area contributed by atoms with Crippen LogP contribution in [-0.4, -0.2) is 8.97 Å². The van der Waals surface area contributed by atoms with Crippen molar-refractivity contribution >= 4 is 27.6 Å². The van der Waals surface area contributed by atoms with Crippen LogP contribution in [-0.2, 0) is 0 Å². The van der Waals surface area contributed by atoms with Crippen molar-refractivity contribution in [3.63, 3.8) is 0 Å². The molecule has 160 valence electrons. The largest absolute Gasteiger partial charge is 0.293 e. The van der Waals surface area contributed by atoms with Gasteiger partial charge in [-0.05, 0) is 47.0 Å². The third-order valence-electron chi connectivity index (χ3n) is 6.70. The van der Waals surface area contributed by atoms with Crippen LogP contribution in [0.3, 0.4) is 0 Å². The Labute approximate surface area is 198 Å². The Balaban J connectivity index is 1.70. The number of rotatable bonds is 3. The molecule has 7 aromatic rings. The summed E-state index contributed by atoms with van der Waals surface area (Å²) in [5.74, 6) is 0. The van der Waals surface area contributed by atoms with E-state index in [1.807, 2.05) is 0 Å². The van der Waals surface area contributed by atoms with Gasteiger partial charge in [-0.1, -0.05) is 103 Å². The van der Waals surface area contributed by atoms with E-state index in [1.54, 1.807) is 0 Å². The van der Waals surface area contributed by atoms with Gasteiger partial charge in [-0.3, -0.25) is 8.97 Å². The number of imidazole rings is 1. The molecule has 0 saturated carbocycles. The first-order valence-corrected chi connectivity index (χ1v) is 11.6. The van der Waals surface area contributed by atoms with Crippen molar-refractivity contribution in [1.29, 1.82) is 0 Å². The van der Waals surface area contributed by atoms with Crippen LogP contribution in [0.15, 0.2) is 133 Å². The van der Waals surface area contributed by atoms with Crippen LogP contribution in [0.2, 0.25) is 0 Å². The molecule has 0 aliphatic carbocycles. The summed E-state index contributed by atoms with van der Waals surface area (Å²) in [6.45, 7) is 0. The lowest BCUT2D eigenvalue weighted by Crippen LogP contribution is -1.94. The normalized spacial score (nSPS) is 11.5. The third-order valence-corrected chi connectivity index (χ3v) is 6.70. The minimum absolute atomic E-state index is 1.16. The predicted molar refractivity (Wildman–Crippen MR) is 143 cm³/mol. The highest BCUT2D eigenvalue weighted by Crippen LogP contribution is 2.41. The fourth-order valence-electron chi connectivity index (χ4n) is 5.22. The van der Waals surface area contributed by atoms with E-state index in [0.717, 1.165) is 5.69 Å². The van der Waals surface area contributed by atoms with E-state index in [-0.39, 0.29) is 0 Å². The Hall–Kier alpha value is -4.56. The highest BCUT2D eigenvalue weighted by atomic mass is 15.1. The molecule has 0 bridgehead atoms. The summed E-state index contributed by atoms with van der Waals surface area (Å²) in [5, 5.41) is 1.26. The summed E-state index contributed by atoms with van der Waals surface area (Å²) in [6, 6.07) is 47.6. The summed E-state index contributed by atoms with van der Waals surface area (Å²) in [4.78, 5) is 0. The molecule has 7 rings (SSSR count). The Bertz CT molecular complexity index is 1770. The lowest BCUT2D eigenvalue weighted by Gasteiger charge is -2.09. The lowest BCUT2D eigenvalue weighted by atomic mass is 10.0. The lowest BCUT2D eigenvalue weighted by molar-refractivity contribution is 1.15. The maximum atomic E-state index is 2.44. The standard InChI is InChI=1S/C32H22N2/c1-4-12-23(13-5-1)25-20-21-27-30(22-25)34-29-19-11-10-18-28(29)33(26-16-8-3-9-17-26)32(34)31(27)24-14-6-2-7-15-24/h1-22H. The molecule has 0 unspecified atom stereocenters. The molecule has 0 aliphatic rings. The van der Waals surface area contributed by atoms with Crippen LogP contribution in [0.25, 0.3) is 55.5 Å². The molecule has 0 N–H and O–H groups in total. The topological polar surface area (TPSA) is 9.34 Å². The predicted octanol–water partition coefficient (Wildman–Crippen LogP) is 8.37. The maximum Gasteiger partial charge on any atom is 0.131 e. The van der Waals surface area contributed by atoms with Gasteiger partial charge in [0.05, 0.1) is 16.6 Å². The molecule has 2 heterocycles. The van der Waals surface area contributed by atoms with E-state index >= 15 is 0 Å². The van der Waals surface area contributed by atoms with Crippen LogP contribution < -0.4 is 0 Å². The summed E-state index contributed by atoms with van der Waals surface area (Å²) in [5.41, 5.74) is 10.9. The smallest absolute Gasteiger partial charge is 0.131 e. The molecule has 0 saturated heterocycles. The minimum Gasteiger partial charge on any atom is -0.293 e. The van der Waals surface area contributed by atoms with Crippen molar-refractivity contribution in [2.75, 3.05) is 0 Å². The average Bonchev–Trinajstić information content (AvgIpc) is 3.42. The number of benzene rings is 5. The van der Waals surface area contributed by atoms with Crippen LogP contribution in [0.1, 0.15) is 0 Å². The van der Waals surface area contributed by atoms with Gasteiger partial charge in [-0.2, -0.15) is 0 Å². The molecule has 0 amide bonds.